The second kappa shape index (κ2) is 9.12. The lowest BCUT2D eigenvalue weighted by molar-refractivity contribution is -0.140. The molecule has 1 atom stereocenters. The van der Waals surface area contributed by atoms with Gasteiger partial charge in [-0.15, -0.1) is 0 Å². The Morgan fingerprint density at radius 1 is 1.21 bits per heavy atom. The first-order valence-corrected chi connectivity index (χ1v) is 8.80. The summed E-state index contributed by atoms with van der Waals surface area (Å²) in [7, 11) is 0. The SMILES string of the molecule is CCOC(=O)c1c(C)[nH]c(C(=O)[C@H](C)OC(=O)/C=C/c2ccccc2F)c1C. The van der Waals surface area contributed by atoms with Crippen molar-refractivity contribution in [3.63, 3.8) is 0 Å². The van der Waals surface area contributed by atoms with Crippen LogP contribution in [-0.2, 0) is 14.3 Å². The zero-order valence-corrected chi connectivity index (χ0v) is 16.2. The number of esters is 2. The van der Waals surface area contributed by atoms with Crippen LogP contribution in [0.15, 0.2) is 30.3 Å². The Kier molecular flexibility index (Phi) is 6.87. The maximum Gasteiger partial charge on any atom is 0.340 e. The Morgan fingerprint density at radius 2 is 1.89 bits per heavy atom. The molecule has 0 radical (unpaired) electrons. The van der Waals surface area contributed by atoms with E-state index in [0.29, 0.717) is 16.8 Å². The molecule has 1 heterocycles. The molecule has 0 aliphatic carbocycles. The van der Waals surface area contributed by atoms with Crippen molar-refractivity contribution in [1.29, 1.82) is 0 Å². The van der Waals surface area contributed by atoms with Crippen LogP contribution in [0.3, 0.4) is 0 Å². The number of hydrogen-bond donors (Lipinski definition) is 1. The average Bonchev–Trinajstić information content (AvgIpc) is 2.94. The normalized spacial score (nSPS) is 12.0. The molecule has 1 aromatic carbocycles. The number of ether oxygens (including phenoxy) is 2. The fourth-order valence-corrected chi connectivity index (χ4v) is 2.74. The summed E-state index contributed by atoms with van der Waals surface area (Å²) in [4.78, 5) is 39.5. The van der Waals surface area contributed by atoms with Gasteiger partial charge in [0.2, 0.25) is 5.78 Å². The van der Waals surface area contributed by atoms with Crippen LogP contribution in [0.25, 0.3) is 6.08 Å². The lowest BCUT2D eigenvalue weighted by atomic mass is 10.1. The van der Waals surface area contributed by atoms with Gasteiger partial charge in [0.1, 0.15) is 5.82 Å². The van der Waals surface area contributed by atoms with Gasteiger partial charge in [0, 0.05) is 17.3 Å². The molecule has 0 bridgehead atoms. The van der Waals surface area contributed by atoms with E-state index in [2.05, 4.69) is 4.98 Å². The van der Waals surface area contributed by atoms with Crippen molar-refractivity contribution in [1.82, 2.24) is 4.98 Å². The molecule has 0 fully saturated rings. The Bertz CT molecular complexity index is 929. The van der Waals surface area contributed by atoms with Crippen molar-refractivity contribution >= 4 is 23.8 Å². The molecule has 148 valence electrons. The molecular weight excluding hydrogens is 365 g/mol. The molecule has 1 N–H and O–H groups in total. The van der Waals surface area contributed by atoms with E-state index in [-0.39, 0.29) is 17.9 Å². The number of hydrogen-bond acceptors (Lipinski definition) is 5. The number of aromatic amines is 1. The minimum atomic E-state index is -1.09. The van der Waals surface area contributed by atoms with Crippen LogP contribution in [0.2, 0.25) is 0 Å². The molecule has 0 spiro atoms. The third kappa shape index (κ3) is 4.73. The maximum absolute atomic E-state index is 13.6. The Balaban J connectivity index is 2.10. The first-order chi connectivity index (χ1) is 13.3. The van der Waals surface area contributed by atoms with Gasteiger partial charge >= 0.3 is 11.9 Å². The second-order valence-corrected chi connectivity index (χ2v) is 6.14. The van der Waals surface area contributed by atoms with E-state index in [9.17, 15) is 18.8 Å². The monoisotopic (exact) mass is 387 g/mol. The van der Waals surface area contributed by atoms with E-state index in [1.807, 2.05) is 0 Å². The highest BCUT2D eigenvalue weighted by Crippen LogP contribution is 2.21. The third-order valence-electron chi connectivity index (χ3n) is 4.13. The van der Waals surface area contributed by atoms with Gasteiger partial charge in [-0.1, -0.05) is 18.2 Å². The minimum Gasteiger partial charge on any atom is -0.462 e. The molecule has 2 rings (SSSR count). The molecule has 2 aromatic rings. The molecule has 7 heteroatoms. The number of benzene rings is 1. The number of H-pyrrole nitrogens is 1. The molecule has 6 nitrogen and oxygen atoms in total. The van der Waals surface area contributed by atoms with Gasteiger partial charge in [-0.05, 0) is 45.4 Å². The molecule has 0 amide bonds. The van der Waals surface area contributed by atoms with Crippen molar-refractivity contribution in [2.75, 3.05) is 6.61 Å². The van der Waals surface area contributed by atoms with Crippen LogP contribution in [0.4, 0.5) is 4.39 Å². The first-order valence-electron chi connectivity index (χ1n) is 8.80. The van der Waals surface area contributed by atoms with Crippen molar-refractivity contribution in [3.05, 3.63) is 64.2 Å². The summed E-state index contributed by atoms with van der Waals surface area (Å²) in [6.45, 7) is 6.61. The van der Waals surface area contributed by atoms with Gasteiger partial charge in [-0.3, -0.25) is 4.79 Å². The van der Waals surface area contributed by atoms with Crippen molar-refractivity contribution in [3.8, 4) is 0 Å². The van der Waals surface area contributed by atoms with Crippen LogP contribution in [-0.4, -0.2) is 35.4 Å². The highest BCUT2D eigenvalue weighted by atomic mass is 19.1. The van der Waals surface area contributed by atoms with Gasteiger partial charge < -0.3 is 14.5 Å². The summed E-state index contributed by atoms with van der Waals surface area (Å²) in [5.41, 5.74) is 1.64. The van der Waals surface area contributed by atoms with E-state index in [4.69, 9.17) is 9.47 Å². The number of nitrogens with one attached hydrogen (secondary N) is 1. The zero-order chi connectivity index (χ0) is 20.8. The highest BCUT2D eigenvalue weighted by Gasteiger charge is 2.27. The van der Waals surface area contributed by atoms with Crippen LogP contribution in [0, 0.1) is 19.7 Å². The van der Waals surface area contributed by atoms with Crippen LogP contribution >= 0.6 is 0 Å². The van der Waals surface area contributed by atoms with Crippen LogP contribution in [0.1, 0.15) is 51.5 Å². The van der Waals surface area contributed by atoms with E-state index >= 15 is 0 Å². The van der Waals surface area contributed by atoms with E-state index in [0.717, 1.165) is 6.08 Å². The Morgan fingerprint density at radius 3 is 2.54 bits per heavy atom. The number of aryl methyl sites for hydroxylation is 1. The summed E-state index contributed by atoms with van der Waals surface area (Å²) < 4.78 is 23.7. The fourth-order valence-electron chi connectivity index (χ4n) is 2.74. The summed E-state index contributed by atoms with van der Waals surface area (Å²) >= 11 is 0. The molecular formula is C21H22FNO5. The predicted octanol–water partition coefficient (Wildman–Crippen LogP) is 3.78. The summed E-state index contributed by atoms with van der Waals surface area (Å²) in [5.74, 6) is -2.26. The highest BCUT2D eigenvalue weighted by molar-refractivity contribution is 6.04. The fraction of sp³-hybridized carbons (Fsp3) is 0.286. The molecule has 0 unspecified atom stereocenters. The number of ketones is 1. The minimum absolute atomic E-state index is 0.180. The van der Waals surface area contributed by atoms with E-state index < -0.39 is 29.6 Å². The Hall–Kier alpha value is -3.22. The number of rotatable bonds is 7. The summed E-state index contributed by atoms with van der Waals surface area (Å²) in [5, 5.41) is 0. The largest absolute Gasteiger partial charge is 0.462 e. The smallest absolute Gasteiger partial charge is 0.340 e. The van der Waals surface area contributed by atoms with Crippen molar-refractivity contribution in [2.24, 2.45) is 0 Å². The molecule has 0 saturated carbocycles. The lowest BCUT2D eigenvalue weighted by Crippen LogP contribution is -2.24. The van der Waals surface area contributed by atoms with Gasteiger partial charge in [-0.25, -0.2) is 14.0 Å². The van der Waals surface area contributed by atoms with E-state index in [1.54, 1.807) is 26.8 Å². The van der Waals surface area contributed by atoms with Gasteiger partial charge in [0.15, 0.2) is 6.10 Å². The van der Waals surface area contributed by atoms with Gasteiger partial charge in [0.25, 0.3) is 0 Å². The van der Waals surface area contributed by atoms with Crippen LogP contribution in [0.5, 0.6) is 0 Å². The number of halogens is 1. The molecule has 1 aromatic heterocycles. The quantitative estimate of drug-likeness (QED) is 0.444. The zero-order valence-electron chi connectivity index (χ0n) is 16.2. The second-order valence-electron chi connectivity index (χ2n) is 6.14. The van der Waals surface area contributed by atoms with E-state index in [1.165, 1.54) is 31.2 Å². The number of Topliss-reactive ketones (excluding diaryl/α,β-unsaturated/α-hetero) is 1. The number of carbonyl (C=O) groups is 3. The van der Waals surface area contributed by atoms with Crippen molar-refractivity contribution in [2.45, 2.75) is 33.8 Å². The molecule has 28 heavy (non-hydrogen) atoms. The molecule has 0 aliphatic heterocycles. The molecule has 0 aliphatic rings. The van der Waals surface area contributed by atoms with Crippen LogP contribution < -0.4 is 0 Å². The molecule has 0 saturated heterocycles. The van der Waals surface area contributed by atoms with Gasteiger partial charge in [0.05, 0.1) is 17.9 Å². The topological polar surface area (TPSA) is 85.5 Å². The summed E-state index contributed by atoms with van der Waals surface area (Å²) in [6, 6.07) is 5.96. The predicted molar refractivity (Wildman–Crippen MR) is 102 cm³/mol. The van der Waals surface area contributed by atoms with Gasteiger partial charge in [-0.2, -0.15) is 0 Å². The lowest BCUT2D eigenvalue weighted by Gasteiger charge is -2.10. The third-order valence-corrected chi connectivity index (χ3v) is 4.13. The number of carbonyl (C=O) groups excluding carboxylic acids is 3. The first kappa shape index (κ1) is 21.1. The summed E-state index contributed by atoms with van der Waals surface area (Å²) in [6.07, 6.45) is 1.24. The maximum atomic E-state index is 13.6. The number of aromatic nitrogens is 1. The average molecular weight is 387 g/mol. The standard InChI is InChI=1S/C21H22FNO5/c1-5-27-21(26)18-12(2)19(23-13(18)3)20(25)14(4)28-17(24)11-10-15-8-6-7-9-16(15)22/h6-11,14,23H,5H2,1-4H3/b11-10+/t14-/m0/s1. The Labute approximate surface area is 162 Å². The van der Waals surface area contributed by atoms with Crippen molar-refractivity contribution < 1.29 is 28.2 Å².